The summed E-state index contributed by atoms with van der Waals surface area (Å²) in [4.78, 5) is 31.7. The van der Waals surface area contributed by atoms with Crippen LogP contribution in [0.3, 0.4) is 0 Å². The Balaban J connectivity index is 1.42. The minimum Gasteiger partial charge on any atom is -0.338 e. The number of amides is 2. The lowest BCUT2D eigenvalue weighted by Crippen LogP contribution is -2.43. The van der Waals surface area contributed by atoms with Crippen molar-refractivity contribution < 1.29 is 9.59 Å². The Morgan fingerprint density at radius 2 is 1.85 bits per heavy atom. The second-order valence-corrected chi connectivity index (χ2v) is 8.44. The number of aryl methyl sites for hydroxylation is 2. The van der Waals surface area contributed by atoms with E-state index in [-0.39, 0.29) is 17.7 Å². The molecule has 1 aliphatic heterocycles. The highest BCUT2D eigenvalue weighted by Crippen LogP contribution is 2.21. The molecule has 3 heterocycles. The SMILES string of the molecule is Cc1cccc(NC(=O)C2CCCN(C(=O)/C=C/c3c(C)nn(-c4ccccc4)c3C)C2)n1. The molecule has 0 radical (unpaired) electrons. The van der Waals surface area contributed by atoms with Crippen LogP contribution in [0.4, 0.5) is 5.82 Å². The molecule has 2 aromatic heterocycles. The van der Waals surface area contributed by atoms with Crippen LogP contribution in [0, 0.1) is 26.7 Å². The predicted octanol–water partition coefficient (Wildman–Crippen LogP) is 4.08. The zero-order valence-corrected chi connectivity index (χ0v) is 19.3. The number of benzene rings is 1. The molecule has 1 aliphatic rings. The molecule has 1 fully saturated rings. The number of carbonyl (C=O) groups excluding carboxylic acids is 2. The number of hydrogen-bond acceptors (Lipinski definition) is 4. The van der Waals surface area contributed by atoms with Gasteiger partial charge in [-0.15, -0.1) is 0 Å². The minimum atomic E-state index is -0.247. The van der Waals surface area contributed by atoms with Crippen LogP contribution in [0.25, 0.3) is 11.8 Å². The summed E-state index contributed by atoms with van der Waals surface area (Å²) < 4.78 is 1.89. The van der Waals surface area contributed by atoms with Crippen molar-refractivity contribution in [2.45, 2.75) is 33.6 Å². The molecule has 7 nitrogen and oxygen atoms in total. The molecule has 170 valence electrons. The molecule has 7 heteroatoms. The summed E-state index contributed by atoms with van der Waals surface area (Å²) in [6.45, 7) is 6.88. The maximum absolute atomic E-state index is 12.9. The summed E-state index contributed by atoms with van der Waals surface area (Å²) in [5.41, 5.74) is 4.60. The summed E-state index contributed by atoms with van der Waals surface area (Å²) in [5.74, 6) is 0.116. The lowest BCUT2D eigenvalue weighted by molar-refractivity contribution is -0.130. The first-order chi connectivity index (χ1) is 15.9. The van der Waals surface area contributed by atoms with Crippen LogP contribution < -0.4 is 5.32 Å². The smallest absolute Gasteiger partial charge is 0.246 e. The Labute approximate surface area is 194 Å². The average Bonchev–Trinajstić information content (AvgIpc) is 3.11. The van der Waals surface area contributed by atoms with Gasteiger partial charge in [0.25, 0.3) is 0 Å². The molecule has 1 saturated heterocycles. The third-order valence-electron chi connectivity index (χ3n) is 5.98. The van der Waals surface area contributed by atoms with E-state index in [2.05, 4.69) is 15.4 Å². The number of rotatable bonds is 5. The molecular formula is C26H29N5O2. The van der Waals surface area contributed by atoms with Crippen molar-refractivity contribution in [1.29, 1.82) is 0 Å². The number of carbonyl (C=O) groups is 2. The number of piperidine rings is 1. The van der Waals surface area contributed by atoms with Gasteiger partial charge in [-0.1, -0.05) is 24.3 Å². The number of likely N-dealkylation sites (tertiary alicyclic amines) is 1. The number of pyridine rings is 1. The van der Waals surface area contributed by atoms with Crippen LogP contribution in [0.2, 0.25) is 0 Å². The summed E-state index contributed by atoms with van der Waals surface area (Å²) >= 11 is 0. The predicted molar refractivity (Wildman–Crippen MR) is 129 cm³/mol. The Morgan fingerprint density at radius 1 is 1.06 bits per heavy atom. The van der Waals surface area contributed by atoms with Crippen LogP contribution in [0.1, 0.15) is 35.5 Å². The Bertz CT molecular complexity index is 1180. The lowest BCUT2D eigenvalue weighted by atomic mass is 9.97. The standard InChI is InChI=1S/C26H29N5O2/c1-18-9-7-13-24(27-18)28-26(33)21-10-8-16-30(17-21)25(32)15-14-23-19(2)29-31(20(23)3)22-11-5-4-6-12-22/h4-7,9,11-15,21H,8,10,16-17H2,1-3H3,(H,27,28,33)/b15-14+. The van der Waals surface area contributed by atoms with Crippen molar-refractivity contribution in [2.75, 3.05) is 18.4 Å². The van der Waals surface area contributed by atoms with Gasteiger partial charge in [0.05, 0.1) is 17.3 Å². The first-order valence-electron chi connectivity index (χ1n) is 11.3. The van der Waals surface area contributed by atoms with Gasteiger partial charge < -0.3 is 10.2 Å². The molecule has 1 atom stereocenters. The molecule has 0 bridgehead atoms. The Morgan fingerprint density at radius 3 is 2.61 bits per heavy atom. The van der Waals surface area contributed by atoms with Gasteiger partial charge in [0.15, 0.2) is 0 Å². The van der Waals surface area contributed by atoms with E-state index in [4.69, 9.17) is 0 Å². The molecule has 0 aliphatic carbocycles. The quantitative estimate of drug-likeness (QED) is 0.603. The van der Waals surface area contributed by atoms with E-state index in [1.807, 2.05) is 74.0 Å². The zero-order chi connectivity index (χ0) is 23.4. The van der Waals surface area contributed by atoms with E-state index in [0.717, 1.165) is 41.2 Å². The van der Waals surface area contributed by atoms with Gasteiger partial charge in [-0.3, -0.25) is 9.59 Å². The second kappa shape index (κ2) is 9.81. The van der Waals surface area contributed by atoms with Gasteiger partial charge in [0, 0.05) is 36.1 Å². The van der Waals surface area contributed by atoms with Crippen LogP contribution in [0.5, 0.6) is 0 Å². The first kappa shape index (κ1) is 22.5. The number of aromatic nitrogens is 3. The van der Waals surface area contributed by atoms with Gasteiger partial charge >= 0.3 is 0 Å². The highest BCUT2D eigenvalue weighted by Gasteiger charge is 2.28. The molecule has 4 rings (SSSR count). The van der Waals surface area contributed by atoms with E-state index in [1.54, 1.807) is 17.0 Å². The van der Waals surface area contributed by atoms with Crippen LogP contribution in [0.15, 0.2) is 54.6 Å². The van der Waals surface area contributed by atoms with Gasteiger partial charge in [-0.05, 0) is 64.0 Å². The molecule has 1 unspecified atom stereocenters. The Kier molecular flexibility index (Phi) is 6.68. The maximum atomic E-state index is 12.9. The molecule has 1 N–H and O–H groups in total. The molecular weight excluding hydrogens is 414 g/mol. The fraction of sp³-hybridized carbons (Fsp3) is 0.308. The van der Waals surface area contributed by atoms with Crippen LogP contribution >= 0.6 is 0 Å². The van der Waals surface area contributed by atoms with Crippen molar-refractivity contribution in [3.8, 4) is 5.69 Å². The van der Waals surface area contributed by atoms with Crippen LogP contribution in [-0.4, -0.2) is 44.6 Å². The molecule has 0 spiro atoms. The topological polar surface area (TPSA) is 80.1 Å². The molecule has 1 aromatic carbocycles. The molecule has 33 heavy (non-hydrogen) atoms. The van der Waals surface area contributed by atoms with E-state index >= 15 is 0 Å². The van der Waals surface area contributed by atoms with E-state index in [9.17, 15) is 9.59 Å². The van der Waals surface area contributed by atoms with Gasteiger partial charge in [0.1, 0.15) is 5.82 Å². The van der Waals surface area contributed by atoms with Crippen molar-refractivity contribution in [3.05, 3.63) is 77.3 Å². The second-order valence-electron chi connectivity index (χ2n) is 8.44. The van der Waals surface area contributed by atoms with Crippen molar-refractivity contribution in [1.82, 2.24) is 19.7 Å². The summed E-state index contributed by atoms with van der Waals surface area (Å²) in [7, 11) is 0. The fourth-order valence-corrected chi connectivity index (χ4v) is 4.21. The van der Waals surface area contributed by atoms with Gasteiger partial charge in [0.2, 0.25) is 11.8 Å². The largest absolute Gasteiger partial charge is 0.338 e. The molecule has 0 saturated carbocycles. The number of nitrogens with one attached hydrogen (secondary N) is 1. The van der Waals surface area contributed by atoms with Gasteiger partial charge in [-0.2, -0.15) is 5.10 Å². The monoisotopic (exact) mass is 443 g/mol. The van der Waals surface area contributed by atoms with Crippen molar-refractivity contribution in [2.24, 2.45) is 5.92 Å². The third kappa shape index (κ3) is 5.19. The average molecular weight is 444 g/mol. The van der Waals surface area contributed by atoms with E-state index in [1.165, 1.54) is 0 Å². The summed E-state index contributed by atoms with van der Waals surface area (Å²) in [5, 5.41) is 7.52. The fourth-order valence-electron chi connectivity index (χ4n) is 4.21. The normalized spacial score (nSPS) is 16.2. The number of anilines is 1. The molecule has 3 aromatic rings. The van der Waals surface area contributed by atoms with Crippen LogP contribution in [-0.2, 0) is 9.59 Å². The first-order valence-corrected chi connectivity index (χ1v) is 11.3. The van der Waals surface area contributed by atoms with E-state index in [0.29, 0.717) is 18.9 Å². The summed E-state index contributed by atoms with van der Waals surface area (Å²) in [6, 6.07) is 15.5. The number of nitrogens with zero attached hydrogens (tertiary/aromatic N) is 4. The highest BCUT2D eigenvalue weighted by atomic mass is 16.2. The Hall–Kier alpha value is -3.74. The number of hydrogen-bond donors (Lipinski definition) is 1. The maximum Gasteiger partial charge on any atom is 0.246 e. The number of para-hydroxylation sites is 1. The minimum absolute atomic E-state index is 0.0903. The van der Waals surface area contributed by atoms with Crippen molar-refractivity contribution >= 4 is 23.7 Å². The van der Waals surface area contributed by atoms with Gasteiger partial charge in [-0.25, -0.2) is 9.67 Å². The lowest BCUT2D eigenvalue weighted by Gasteiger charge is -2.31. The van der Waals surface area contributed by atoms with E-state index < -0.39 is 0 Å². The zero-order valence-electron chi connectivity index (χ0n) is 19.3. The molecule has 2 amide bonds. The van der Waals surface area contributed by atoms with Crippen molar-refractivity contribution in [3.63, 3.8) is 0 Å². The summed E-state index contributed by atoms with van der Waals surface area (Å²) in [6.07, 6.45) is 4.98. The third-order valence-corrected chi connectivity index (χ3v) is 5.98. The highest BCUT2D eigenvalue weighted by molar-refractivity contribution is 5.94.